The lowest BCUT2D eigenvalue weighted by Crippen LogP contribution is -2.51. The second kappa shape index (κ2) is 8.46. The number of rotatable bonds is 4. The Labute approximate surface area is 155 Å². The lowest BCUT2D eigenvalue weighted by Gasteiger charge is -2.40. The number of ether oxygens (including phenoxy) is 4. The van der Waals surface area contributed by atoms with Crippen molar-refractivity contribution in [2.45, 2.75) is 31.8 Å². The highest BCUT2D eigenvalue weighted by atomic mass is 16.5. The predicted molar refractivity (Wildman–Crippen MR) is 99.3 cm³/mol. The minimum absolute atomic E-state index is 0.698. The zero-order chi connectivity index (χ0) is 17.8. The van der Waals surface area contributed by atoms with E-state index in [1.807, 2.05) is 6.07 Å². The minimum Gasteiger partial charge on any atom is -0.496 e. The molecule has 0 aliphatic carbocycles. The third-order valence-corrected chi connectivity index (χ3v) is 5.66. The highest BCUT2D eigenvalue weighted by Gasteiger charge is 2.26. The molecule has 0 atom stereocenters. The van der Waals surface area contributed by atoms with Gasteiger partial charge >= 0.3 is 0 Å². The summed E-state index contributed by atoms with van der Waals surface area (Å²) in [4.78, 5) is 5.15. The number of fused-ring (bicyclic) bond motifs is 1. The maximum atomic E-state index is 5.86. The van der Waals surface area contributed by atoms with E-state index in [2.05, 4.69) is 15.9 Å². The van der Waals surface area contributed by atoms with E-state index in [9.17, 15) is 0 Å². The van der Waals surface area contributed by atoms with Gasteiger partial charge in [-0.2, -0.15) is 0 Å². The van der Waals surface area contributed by atoms with Crippen molar-refractivity contribution >= 4 is 0 Å². The first kappa shape index (κ1) is 17.9. The van der Waals surface area contributed by atoms with Crippen LogP contribution in [0.1, 0.15) is 24.8 Å². The van der Waals surface area contributed by atoms with Gasteiger partial charge in [-0.05, 0) is 18.9 Å². The molecule has 3 heterocycles. The monoisotopic (exact) mass is 362 g/mol. The summed E-state index contributed by atoms with van der Waals surface area (Å²) in [6.45, 7) is 8.59. The number of methoxy groups -OCH3 is 1. The zero-order valence-electron chi connectivity index (χ0n) is 15.7. The van der Waals surface area contributed by atoms with E-state index in [1.54, 1.807) is 7.11 Å². The Morgan fingerprint density at radius 3 is 2.35 bits per heavy atom. The summed E-state index contributed by atoms with van der Waals surface area (Å²) >= 11 is 0. The molecule has 1 aromatic carbocycles. The molecule has 0 amide bonds. The molecule has 6 nitrogen and oxygen atoms in total. The van der Waals surface area contributed by atoms with Gasteiger partial charge in [0.1, 0.15) is 5.75 Å². The average molecular weight is 362 g/mol. The largest absolute Gasteiger partial charge is 0.496 e. The van der Waals surface area contributed by atoms with Gasteiger partial charge in [0.2, 0.25) is 0 Å². The summed E-state index contributed by atoms with van der Waals surface area (Å²) in [5, 5.41) is 0. The third kappa shape index (κ3) is 4.08. The maximum absolute atomic E-state index is 5.86. The van der Waals surface area contributed by atoms with Crippen molar-refractivity contribution in [3.63, 3.8) is 0 Å². The van der Waals surface area contributed by atoms with Gasteiger partial charge in [-0.25, -0.2) is 0 Å². The summed E-state index contributed by atoms with van der Waals surface area (Å²) in [5.41, 5.74) is 1.18. The van der Waals surface area contributed by atoms with Gasteiger partial charge in [0, 0.05) is 70.0 Å². The van der Waals surface area contributed by atoms with Crippen LogP contribution in [-0.4, -0.2) is 75.6 Å². The lowest BCUT2D eigenvalue weighted by molar-refractivity contribution is 0.0125. The van der Waals surface area contributed by atoms with Crippen molar-refractivity contribution in [2.24, 2.45) is 0 Å². The van der Waals surface area contributed by atoms with Gasteiger partial charge < -0.3 is 18.9 Å². The Morgan fingerprint density at radius 2 is 1.65 bits per heavy atom. The van der Waals surface area contributed by atoms with Crippen LogP contribution in [0, 0.1) is 0 Å². The molecule has 3 aliphatic rings. The molecule has 0 aromatic heterocycles. The fourth-order valence-electron chi connectivity index (χ4n) is 4.12. The number of hydrogen-bond acceptors (Lipinski definition) is 6. The van der Waals surface area contributed by atoms with Gasteiger partial charge in [-0.15, -0.1) is 0 Å². The fourth-order valence-corrected chi connectivity index (χ4v) is 4.12. The summed E-state index contributed by atoms with van der Waals surface area (Å²) < 4.78 is 22.8. The maximum Gasteiger partial charge on any atom is 0.164 e. The molecule has 2 saturated heterocycles. The Kier molecular flexibility index (Phi) is 5.82. The SMILES string of the molecule is COc1cc2c(cc1CN1CCN(C3CCOCC3)CC1)OCCCO2. The van der Waals surface area contributed by atoms with Crippen LogP contribution in [-0.2, 0) is 11.3 Å². The van der Waals surface area contributed by atoms with E-state index in [-0.39, 0.29) is 0 Å². The molecule has 6 heteroatoms. The molecule has 1 aromatic rings. The number of nitrogens with zero attached hydrogens (tertiary/aromatic N) is 2. The smallest absolute Gasteiger partial charge is 0.164 e. The van der Waals surface area contributed by atoms with Crippen molar-refractivity contribution in [1.29, 1.82) is 0 Å². The molecule has 0 radical (unpaired) electrons. The Morgan fingerprint density at radius 1 is 0.962 bits per heavy atom. The van der Waals surface area contributed by atoms with Crippen LogP contribution >= 0.6 is 0 Å². The lowest BCUT2D eigenvalue weighted by atomic mass is 10.1. The van der Waals surface area contributed by atoms with Crippen molar-refractivity contribution in [1.82, 2.24) is 9.80 Å². The number of hydrogen-bond donors (Lipinski definition) is 0. The molecule has 0 unspecified atom stereocenters. The zero-order valence-corrected chi connectivity index (χ0v) is 15.7. The molecule has 144 valence electrons. The van der Waals surface area contributed by atoms with Gasteiger partial charge in [0.05, 0.1) is 20.3 Å². The van der Waals surface area contributed by atoms with Crippen LogP contribution < -0.4 is 14.2 Å². The van der Waals surface area contributed by atoms with Crippen LogP contribution in [0.15, 0.2) is 12.1 Å². The highest BCUT2D eigenvalue weighted by molar-refractivity contribution is 5.51. The molecule has 3 aliphatic heterocycles. The van der Waals surface area contributed by atoms with Crippen molar-refractivity contribution < 1.29 is 18.9 Å². The topological polar surface area (TPSA) is 43.4 Å². The first-order valence-electron chi connectivity index (χ1n) is 9.84. The first-order chi connectivity index (χ1) is 12.8. The van der Waals surface area contributed by atoms with Crippen LogP contribution in [0.2, 0.25) is 0 Å². The summed E-state index contributed by atoms with van der Waals surface area (Å²) in [6, 6.07) is 4.79. The van der Waals surface area contributed by atoms with Crippen molar-refractivity contribution in [2.75, 3.05) is 59.7 Å². The van der Waals surface area contributed by atoms with Gasteiger partial charge in [0.25, 0.3) is 0 Å². The molecule has 0 N–H and O–H groups in total. The van der Waals surface area contributed by atoms with Crippen LogP contribution in [0.25, 0.3) is 0 Å². The van der Waals surface area contributed by atoms with E-state index in [1.165, 1.54) is 18.4 Å². The van der Waals surface area contributed by atoms with Crippen molar-refractivity contribution in [3.8, 4) is 17.2 Å². The summed E-state index contributed by atoms with van der Waals surface area (Å²) in [6.07, 6.45) is 3.27. The molecular formula is C20H30N2O4. The Bertz CT molecular complexity index is 596. The summed E-state index contributed by atoms with van der Waals surface area (Å²) in [5.74, 6) is 2.53. The van der Waals surface area contributed by atoms with Gasteiger partial charge in [-0.1, -0.05) is 0 Å². The van der Waals surface area contributed by atoms with E-state index in [0.29, 0.717) is 19.3 Å². The quantitative estimate of drug-likeness (QED) is 0.818. The molecular weight excluding hydrogens is 332 g/mol. The van der Waals surface area contributed by atoms with Gasteiger partial charge in [-0.3, -0.25) is 9.80 Å². The number of benzene rings is 1. The molecule has 0 spiro atoms. The van der Waals surface area contributed by atoms with Crippen LogP contribution in [0.4, 0.5) is 0 Å². The highest BCUT2D eigenvalue weighted by Crippen LogP contribution is 2.37. The molecule has 26 heavy (non-hydrogen) atoms. The predicted octanol–water partition coefficient (Wildman–Crippen LogP) is 2.15. The van der Waals surface area contributed by atoms with Crippen LogP contribution in [0.3, 0.4) is 0 Å². The van der Waals surface area contributed by atoms with Crippen molar-refractivity contribution in [3.05, 3.63) is 17.7 Å². The standard InChI is InChI=1S/C20H30N2O4/c1-23-18-14-20-19(25-9-2-10-26-20)13-16(18)15-21-5-7-22(8-6-21)17-3-11-24-12-4-17/h13-14,17H,2-12,15H2,1H3. The van der Waals surface area contributed by atoms with Crippen LogP contribution in [0.5, 0.6) is 17.2 Å². The van der Waals surface area contributed by atoms with E-state index in [4.69, 9.17) is 18.9 Å². The number of piperazine rings is 1. The van der Waals surface area contributed by atoms with E-state index < -0.39 is 0 Å². The van der Waals surface area contributed by atoms with E-state index in [0.717, 1.165) is 69.6 Å². The average Bonchev–Trinajstić information content (AvgIpc) is 2.93. The second-order valence-electron chi connectivity index (χ2n) is 7.32. The Hall–Kier alpha value is -1.50. The van der Waals surface area contributed by atoms with E-state index >= 15 is 0 Å². The summed E-state index contributed by atoms with van der Waals surface area (Å²) in [7, 11) is 1.73. The fraction of sp³-hybridized carbons (Fsp3) is 0.700. The van der Waals surface area contributed by atoms with Gasteiger partial charge in [0.15, 0.2) is 11.5 Å². The molecule has 0 bridgehead atoms. The third-order valence-electron chi connectivity index (χ3n) is 5.66. The normalized spacial score (nSPS) is 22.8. The first-order valence-corrected chi connectivity index (χ1v) is 9.84. The molecule has 0 saturated carbocycles. The molecule has 4 rings (SSSR count). The second-order valence-corrected chi connectivity index (χ2v) is 7.32. The minimum atomic E-state index is 0.698. The Balaban J connectivity index is 1.39. The molecule has 2 fully saturated rings.